The number of hydrogen-bond acceptors (Lipinski definition) is 4. The molecule has 0 aliphatic carbocycles. The molecule has 2 rings (SSSR count). The van der Waals surface area contributed by atoms with Crippen molar-refractivity contribution in [3.8, 4) is 0 Å². The average molecular weight is 536 g/mol. The lowest BCUT2D eigenvalue weighted by Gasteiger charge is -2.41. The second-order valence-electron chi connectivity index (χ2n) is 8.35. The summed E-state index contributed by atoms with van der Waals surface area (Å²) in [6.45, 7) is 11.0. The lowest BCUT2D eigenvalue weighted by atomic mass is 10.0. The van der Waals surface area contributed by atoms with E-state index in [-0.39, 0.29) is 4.61 Å². The van der Waals surface area contributed by atoms with Crippen molar-refractivity contribution in [3.05, 3.63) is 70.3 Å². The molecular weight excluding hydrogens is 507 g/mol. The fourth-order valence-corrected chi connectivity index (χ4v) is 3.53. The van der Waals surface area contributed by atoms with Crippen molar-refractivity contribution in [2.75, 3.05) is 4.61 Å². The molecule has 2 aromatic rings. The molecule has 2 aromatic carbocycles. The van der Waals surface area contributed by atoms with Crippen molar-refractivity contribution in [3.63, 3.8) is 0 Å². The lowest BCUT2D eigenvalue weighted by Crippen LogP contribution is -2.60. The molecule has 31 heavy (non-hydrogen) atoms. The highest BCUT2D eigenvalue weighted by Crippen LogP contribution is 2.24. The van der Waals surface area contributed by atoms with Gasteiger partial charge in [0, 0.05) is 11.1 Å². The molecule has 0 bridgehead atoms. The summed E-state index contributed by atoms with van der Waals surface area (Å²) in [6.07, 6.45) is 0.0636. The molecule has 0 fully saturated rings. The van der Waals surface area contributed by atoms with Crippen LogP contribution in [0, 0.1) is 13.8 Å². The Hall–Kier alpha value is -2.42. The Kier molecular flexibility index (Phi) is 8.22. The predicted octanol–water partition coefficient (Wildman–Crippen LogP) is 5.69. The fraction of sp³-hybridized carbons (Fsp3) is 0.375. The number of aryl methyl sites for hydroxylation is 3. The van der Waals surface area contributed by atoms with Crippen LogP contribution in [0.1, 0.15) is 65.1 Å². The molecule has 0 aromatic heterocycles. The number of hydrogen-bond donors (Lipinski definition) is 0. The SMILES string of the molecule is CCc1ccc(C(=O)N(C(=O)c2cc(C)cc(C)c2)N(C(=O)OCI)C(C)(C)C)cc1. The Labute approximate surface area is 197 Å². The van der Waals surface area contributed by atoms with Gasteiger partial charge in [-0.15, -0.1) is 0 Å². The van der Waals surface area contributed by atoms with Gasteiger partial charge in [0.15, 0.2) is 0 Å². The topological polar surface area (TPSA) is 66.9 Å². The molecule has 0 aliphatic heterocycles. The molecule has 7 heteroatoms. The number of amides is 3. The Morgan fingerprint density at radius 3 is 1.87 bits per heavy atom. The first-order valence-electron chi connectivity index (χ1n) is 10.1. The third kappa shape index (κ3) is 6.06. The van der Waals surface area contributed by atoms with E-state index < -0.39 is 23.4 Å². The Balaban J connectivity index is 2.65. The first kappa shape index (κ1) is 24.8. The van der Waals surface area contributed by atoms with Crippen LogP contribution in [0.3, 0.4) is 0 Å². The zero-order chi connectivity index (χ0) is 23.3. The van der Waals surface area contributed by atoms with Gasteiger partial charge in [0.1, 0.15) is 4.61 Å². The summed E-state index contributed by atoms with van der Waals surface area (Å²) in [6, 6.07) is 12.4. The molecule has 0 unspecified atom stereocenters. The van der Waals surface area contributed by atoms with Crippen molar-refractivity contribution in [2.45, 2.75) is 53.5 Å². The van der Waals surface area contributed by atoms with E-state index in [2.05, 4.69) is 0 Å². The summed E-state index contributed by atoms with van der Waals surface area (Å²) >= 11 is 1.90. The Bertz CT molecular complexity index is 944. The fourth-order valence-electron chi connectivity index (χ4n) is 3.26. The van der Waals surface area contributed by atoms with Crippen LogP contribution in [0.5, 0.6) is 0 Å². The van der Waals surface area contributed by atoms with Crippen molar-refractivity contribution in [1.29, 1.82) is 0 Å². The minimum Gasteiger partial charge on any atom is -0.437 e. The number of nitrogens with zero attached hydrogens (tertiary/aromatic N) is 2. The summed E-state index contributed by atoms with van der Waals surface area (Å²) in [4.78, 5) is 40.1. The third-order valence-electron chi connectivity index (χ3n) is 4.65. The zero-order valence-electron chi connectivity index (χ0n) is 18.9. The van der Waals surface area contributed by atoms with E-state index in [1.807, 2.05) is 61.6 Å². The van der Waals surface area contributed by atoms with Crippen LogP contribution in [0.15, 0.2) is 42.5 Å². The maximum absolute atomic E-state index is 13.6. The number of halogens is 1. The quantitative estimate of drug-likeness (QED) is 0.218. The summed E-state index contributed by atoms with van der Waals surface area (Å²) in [7, 11) is 0. The second kappa shape index (κ2) is 10.3. The number of hydrazine groups is 1. The van der Waals surface area contributed by atoms with Gasteiger partial charge < -0.3 is 4.74 Å². The molecule has 0 aliphatic rings. The standard InChI is InChI=1S/C24H29IN2O4/c1-7-18-8-10-19(11-9-18)21(28)26(27(24(4,5)6)23(30)31-15-25)22(29)20-13-16(2)12-17(3)14-20/h8-14H,7,15H2,1-6H3. The summed E-state index contributed by atoms with van der Waals surface area (Å²) < 4.78 is 5.29. The van der Waals surface area contributed by atoms with Crippen LogP contribution in [0.4, 0.5) is 4.79 Å². The molecule has 0 radical (unpaired) electrons. The number of benzene rings is 2. The van der Waals surface area contributed by atoms with Gasteiger partial charge in [0.2, 0.25) is 0 Å². The highest BCUT2D eigenvalue weighted by Gasteiger charge is 2.41. The molecule has 0 heterocycles. The van der Waals surface area contributed by atoms with Crippen LogP contribution in [-0.4, -0.2) is 38.1 Å². The van der Waals surface area contributed by atoms with E-state index in [1.165, 1.54) is 0 Å². The number of alkyl halides is 1. The number of carbonyl (C=O) groups excluding carboxylic acids is 3. The minimum absolute atomic E-state index is 0.0914. The molecule has 6 nitrogen and oxygen atoms in total. The first-order chi connectivity index (χ1) is 14.5. The number of rotatable bonds is 4. The highest BCUT2D eigenvalue weighted by atomic mass is 127. The molecule has 166 valence electrons. The van der Waals surface area contributed by atoms with Gasteiger partial charge in [-0.1, -0.05) is 36.2 Å². The smallest absolute Gasteiger partial charge is 0.430 e. The molecule has 0 atom stereocenters. The van der Waals surface area contributed by atoms with Gasteiger partial charge in [-0.25, -0.2) is 9.80 Å². The van der Waals surface area contributed by atoms with Crippen LogP contribution < -0.4 is 0 Å². The predicted molar refractivity (Wildman–Crippen MR) is 129 cm³/mol. The van der Waals surface area contributed by atoms with Gasteiger partial charge >= 0.3 is 6.09 Å². The minimum atomic E-state index is -0.892. The van der Waals surface area contributed by atoms with Crippen molar-refractivity contribution >= 4 is 40.5 Å². The largest absolute Gasteiger partial charge is 0.437 e. The highest BCUT2D eigenvalue weighted by molar-refractivity contribution is 14.1. The average Bonchev–Trinajstić information content (AvgIpc) is 2.69. The molecule has 0 spiro atoms. The molecule has 3 amide bonds. The number of carbonyl (C=O) groups is 3. The van der Waals surface area contributed by atoms with Gasteiger partial charge in [-0.3, -0.25) is 9.59 Å². The van der Waals surface area contributed by atoms with Crippen molar-refractivity contribution < 1.29 is 19.1 Å². The number of imide groups is 1. The number of ether oxygens (including phenoxy) is 1. The Morgan fingerprint density at radius 2 is 1.42 bits per heavy atom. The van der Waals surface area contributed by atoms with E-state index in [4.69, 9.17) is 4.74 Å². The molecular formula is C24H29IN2O4. The van der Waals surface area contributed by atoms with Crippen LogP contribution in [0.2, 0.25) is 0 Å². The monoisotopic (exact) mass is 536 g/mol. The Morgan fingerprint density at radius 1 is 0.903 bits per heavy atom. The van der Waals surface area contributed by atoms with Crippen molar-refractivity contribution in [1.82, 2.24) is 10.0 Å². The van der Waals surface area contributed by atoms with E-state index in [0.29, 0.717) is 11.1 Å². The van der Waals surface area contributed by atoms with Crippen LogP contribution >= 0.6 is 22.6 Å². The third-order valence-corrected chi connectivity index (χ3v) is 4.96. The first-order valence-corrected chi connectivity index (χ1v) is 11.6. The molecule has 0 saturated carbocycles. The maximum Gasteiger partial charge on any atom is 0.430 e. The zero-order valence-corrected chi connectivity index (χ0v) is 21.0. The normalized spacial score (nSPS) is 11.1. The maximum atomic E-state index is 13.6. The van der Waals surface area contributed by atoms with Crippen LogP contribution in [0.25, 0.3) is 0 Å². The van der Waals surface area contributed by atoms with E-state index >= 15 is 0 Å². The van der Waals surface area contributed by atoms with Crippen LogP contribution in [-0.2, 0) is 11.2 Å². The van der Waals surface area contributed by atoms with Gasteiger partial charge in [-0.2, -0.15) is 5.01 Å². The van der Waals surface area contributed by atoms with E-state index in [9.17, 15) is 14.4 Å². The van der Waals surface area contributed by atoms with E-state index in [0.717, 1.165) is 33.1 Å². The van der Waals surface area contributed by atoms with Crippen molar-refractivity contribution in [2.24, 2.45) is 0 Å². The van der Waals surface area contributed by atoms with Gasteiger partial charge in [0.05, 0.1) is 5.54 Å². The summed E-state index contributed by atoms with van der Waals surface area (Å²) in [5.41, 5.74) is 2.59. The molecule has 0 saturated heterocycles. The van der Waals surface area contributed by atoms with Gasteiger partial charge in [0.25, 0.3) is 11.8 Å². The van der Waals surface area contributed by atoms with E-state index in [1.54, 1.807) is 45.0 Å². The lowest BCUT2D eigenvalue weighted by molar-refractivity contribution is -0.0384. The molecule has 0 N–H and O–H groups in total. The summed E-state index contributed by atoms with van der Waals surface area (Å²) in [5.74, 6) is -1.18. The van der Waals surface area contributed by atoms with Gasteiger partial charge in [-0.05, 0) is 93.5 Å². The summed E-state index contributed by atoms with van der Waals surface area (Å²) in [5, 5.41) is 2.01. The second-order valence-corrected chi connectivity index (χ2v) is 8.97.